The maximum Gasteiger partial charge on any atom is 0.252 e. The molecule has 0 saturated carbocycles. The minimum absolute atomic E-state index is 0.0180. The molecule has 86 valence electrons. The van der Waals surface area contributed by atoms with Crippen molar-refractivity contribution in [2.45, 2.75) is 12.8 Å². The molecular weight excluding hydrogens is 204 g/mol. The van der Waals surface area contributed by atoms with Crippen molar-refractivity contribution in [2.24, 2.45) is 0 Å². The SMILES string of the molecule is Nc1ccc(N2CCCCOCC2=O)cc1. The van der Waals surface area contributed by atoms with Crippen molar-refractivity contribution in [2.75, 3.05) is 30.4 Å². The molecule has 0 spiro atoms. The highest BCUT2D eigenvalue weighted by Gasteiger charge is 2.17. The number of ether oxygens (including phenoxy) is 1. The predicted octanol–water partition coefficient (Wildman–Crippen LogP) is 1.41. The van der Waals surface area contributed by atoms with Crippen molar-refractivity contribution in [1.82, 2.24) is 0 Å². The summed E-state index contributed by atoms with van der Waals surface area (Å²) < 4.78 is 5.25. The minimum atomic E-state index is 0.0180. The molecule has 0 bridgehead atoms. The Morgan fingerprint density at radius 3 is 2.69 bits per heavy atom. The molecule has 4 heteroatoms. The zero-order valence-corrected chi connectivity index (χ0v) is 9.19. The van der Waals surface area contributed by atoms with Crippen molar-refractivity contribution in [3.63, 3.8) is 0 Å². The molecule has 1 saturated heterocycles. The van der Waals surface area contributed by atoms with Gasteiger partial charge in [0.05, 0.1) is 0 Å². The molecule has 0 aliphatic carbocycles. The Bertz CT molecular complexity index is 362. The molecular formula is C12H16N2O2. The lowest BCUT2D eigenvalue weighted by molar-refractivity contribution is -0.123. The number of hydrogen-bond acceptors (Lipinski definition) is 3. The Balaban J connectivity index is 2.15. The van der Waals surface area contributed by atoms with Gasteiger partial charge in [-0.25, -0.2) is 0 Å². The summed E-state index contributed by atoms with van der Waals surface area (Å²) in [6.07, 6.45) is 1.97. The molecule has 1 aliphatic rings. The Hall–Kier alpha value is -1.55. The van der Waals surface area contributed by atoms with Gasteiger partial charge in [0.15, 0.2) is 0 Å². The zero-order valence-electron chi connectivity index (χ0n) is 9.19. The fraction of sp³-hybridized carbons (Fsp3) is 0.417. The van der Waals surface area contributed by atoms with Gasteiger partial charge in [-0.3, -0.25) is 4.79 Å². The summed E-state index contributed by atoms with van der Waals surface area (Å²) in [6, 6.07) is 7.36. The molecule has 4 nitrogen and oxygen atoms in total. The topological polar surface area (TPSA) is 55.6 Å². The standard InChI is InChI=1S/C12H16N2O2/c13-10-3-5-11(6-4-10)14-7-1-2-8-16-9-12(14)15/h3-6H,1-2,7-9,13H2. The van der Waals surface area contributed by atoms with E-state index in [0.29, 0.717) is 12.3 Å². The Kier molecular flexibility index (Phi) is 3.41. The number of rotatable bonds is 1. The number of nitrogen functional groups attached to an aromatic ring is 1. The first-order valence-electron chi connectivity index (χ1n) is 5.51. The summed E-state index contributed by atoms with van der Waals surface area (Å²) in [5.41, 5.74) is 7.22. The molecule has 1 amide bonds. The fourth-order valence-corrected chi connectivity index (χ4v) is 1.76. The van der Waals surface area contributed by atoms with Gasteiger partial charge in [0, 0.05) is 24.5 Å². The van der Waals surface area contributed by atoms with Crippen molar-refractivity contribution < 1.29 is 9.53 Å². The lowest BCUT2D eigenvalue weighted by Crippen LogP contribution is -2.36. The normalized spacial score (nSPS) is 18.0. The molecule has 1 aromatic carbocycles. The van der Waals surface area contributed by atoms with E-state index in [1.807, 2.05) is 24.3 Å². The van der Waals surface area contributed by atoms with Crippen molar-refractivity contribution in [1.29, 1.82) is 0 Å². The molecule has 1 aliphatic heterocycles. The van der Waals surface area contributed by atoms with E-state index < -0.39 is 0 Å². The van der Waals surface area contributed by atoms with Crippen LogP contribution in [0.25, 0.3) is 0 Å². The third-order valence-electron chi connectivity index (χ3n) is 2.65. The van der Waals surface area contributed by atoms with Gasteiger partial charge in [0.2, 0.25) is 0 Å². The van der Waals surface area contributed by atoms with Crippen LogP contribution in [0.1, 0.15) is 12.8 Å². The molecule has 2 rings (SSSR count). The number of anilines is 2. The number of nitrogens with zero attached hydrogens (tertiary/aromatic N) is 1. The van der Waals surface area contributed by atoms with Crippen LogP contribution in [0.2, 0.25) is 0 Å². The van der Waals surface area contributed by atoms with Crippen LogP contribution >= 0.6 is 0 Å². The quantitative estimate of drug-likeness (QED) is 0.728. The summed E-state index contributed by atoms with van der Waals surface area (Å²) in [6.45, 7) is 1.61. The predicted molar refractivity (Wildman–Crippen MR) is 63.3 cm³/mol. The van der Waals surface area contributed by atoms with Gasteiger partial charge in [0.25, 0.3) is 5.91 Å². The van der Waals surface area contributed by atoms with Crippen LogP contribution in [0.5, 0.6) is 0 Å². The second kappa shape index (κ2) is 4.99. The third-order valence-corrected chi connectivity index (χ3v) is 2.65. The van der Waals surface area contributed by atoms with Crippen LogP contribution in [-0.4, -0.2) is 25.7 Å². The van der Waals surface area contributed by atoms with Crippen molar-refractivity contribution >= 4 is 17.3 Å². The summed E-state index contributed by atoms with van der Waals surface area (Å²) in [5.74, 6) is 0.0180. The average Bonchev–Trinajstić information content (AvgIpc) is 2.26. The van der Waals surface area contributed by atoms with Gasteiger partial charge in [-0.2, -0.15) is 0 Å². The van der Waals surface area contributed by atoms with Crippen LogP contribution in [0.4, 0.5) is 11.4 Å². The van der Waals surface area contributed by atoms with E-state index in [1.165, 1.54) is 0 Å². The molecule has 0 radical (unpaired) electrons. The van der Waals surface area contributed by atoms with E-state index in [9.17, 15) is 4.79 Å². The summed E-state index contributed by atoms with van der Waals surface area (Å²) in [7, 11) is 0. The Labute approximate surface area is 95.0 Å². The number of carbonyl (C=O) groups excluding carboxylic acids is 1. The highest BCUT2D eigenvalue weighted by atomic mass is 16.5. The second-order valence-corrected chi connectivity index (χ2v) is 3.90. The van der Waals surface area contributed by atoms with Gasteiger partial charge in [-0.15, -0.1) is 0 Å². The van der Waals surface area contributed by atoms with E-state index in [2.05, 4.69) is 0 Å². The maximum absolute atomic E-state index is 11.8. The fourth-order valence-electron chi connectivity index (χ4n) is 1.76. The van der Waals surface area contributed by atoms with Crippen molar-refractivity contribution in [3.8, 4) is 0 Å². The van der Waals surface area contributed by atoms with E-state index in [4.69, 9.17) is 10.5 Å². The molecule has 1 aromatic rings. The van der Waals surface area contributed by atoms with E-state index in [1.54, 1.807) is 4.90 Å². The van der Waals surface area contributed by atoms with Gasteiger partial charge in [-0.1, -0.05) is 0 Å². The smallest absolute Gasteiger partial charge is 0.252 e. The number of benzene rings is 1. The van der Waals surface area contributed by atoms with Crippen LogP contribution in [0, 0.1) is 0 Å². The molecule has 2 N–H and O–H groups in total. The number of hydrogen-bond donors (Lipinski definition) is 1. The zero-order chi connectivity index (χ0) is 11.4. The van der Waals surface area contributed by atoms with Gasteiger partial charge >= 0.3 is 0 Å². The van der Waals surface area contributed by atoms with Crippen LogP contribution < -0.4 is 10.6 Å². The van der Waals surface area contributed by atoms with E-state index in [-0.39, 0.29) is 12.5 Å². The maximum atomic E-state index is 11.8. The number of nitrogens with two attached hydrogens (primary N) is 1. The van der Waals surface area contributed by atoms with E-state index >= 15 is 0 Å². The second-order valence-electron chi connectivity index (χ2n) is 3.90. The largest absolute Gasteiger partial charge is 0.399 e. The van der Waals surface area contributed by atoms with Crippen LogP contribution in [0.3, 0.4) is 0 Å². The van der Waals surface area contributed by atoms with E-state index in [0.717, 1.165) is 25.1 Å². The first-order chi connectivity index (χ1) is 7.77. The van der Waals surface area contributed by atoms with Crippen LogP contribution in [0.15, 0.2) is 24.3 Å². The first-order valence-corrected chi connectivity index (χ1v) is 5.51. The molecule has 0 unspecified atom stereocenters. The Morgan fingerprint density at radius 1 is 1.19 bits per heavy atom. The Morgan fingerprint density at radius 2 is 1.94 bits per heavy atom. The summed E-state index contributed by atoms with van der Waals surface area (Å²) in [4.78, 5) is 13.6. The molecule has 0 aromatic heterocycles. The molecule has 1 heterocycles. The molecule has 0 atom stereocenters. The van der Waals surface area contributed by atoms with Gasteiger partial charge in [-0.05, 0) is 37.1 Å². The van der Waals surface area contributed by atoms with Crippen LogP contribution in [-0.2, 0) is 9.53 Å². The average molecular weight is 220 g/mol. The van der Waals surface area contributed by atoms with Gasteiger partial charge < -0.3 is 15.4 Å². The number of amides is 1. The highest BCUT2D eigenvalue weighted by Crippen LogP contribution is 2.18. The monoisotopic (exact) mass is 220 g/mol. The lowest BCUT2D eigenvalue weighted by Gasteiger charge is -2.25. The van der Waals surface area contributed by atoms with Gasteiger partial charge in [0.1, 0.15) is 6.61 Å². The minimum Gasteiger partial charge on any atom is -0.399 e. The first kappa shape index (κ1) is 11.0. The summed E-state index contributed by atoms with van der Waals surface area (Å²) >= 11 is 0. The highest BCUT2D eigenvalue weighted by molar-refractivity contribution is 5.94. The number of carbonyl (C=O) groups is 1. The molecule has 16 heavy (non-hydrogen) atoms. The lowest BCUT2D eigenvalue weighted by atomic mass is 10.2. The third kappa shape index (κ3) is 2.52. The van der Waals surface area contributed by atoms with Crippen molar-refractivity contribution in [3.05, 3.63) is 24.3 Å². The summed E-state index contributed by atoms with van der Waals surface area (Å²) in [5, 5.41) is 0. The molecule has 1 fully saturated rings.